The van der Waals surface area contributed by atoms with Crippen molar-refractivity contribution in [2.75, 3.05) is 4.61 Å². The normalized spacial score (nSPS) is 29.8. The Morgan fingerprint density at radius 3 is 2.84 bits per heavy atom. The van der Waals surface area contributed by atoms with E-state index in [0.717, 1.165) is 4.88 Å². The first-order valence-corrected chi connectivity index (χ1v) is 11.2. The third kappa shape index (κ3) is 3.17. The van der Waals surface area contributed by atoms with E-state index in [2.05, 4.69) is 5.32 Å². The lowest BCUT2D eigenvalue weighted by Crippen LogP contribution is -2.72. The van der Waals surface area contributed by atoms with Gasteiger partial charge in [0.2, 0.25) is 11.3 Å². The maximum absolute atomic E-state index is 12.8. The van der Waals surface area contributed by atoms with Gasteiger partial charge in [-0.15, -0.1) is 11.3 Å². The predicted molar refractivity (Wildman–Crippen MR) is 102 cm³/mol. The van der Waals surface area contributed by atoms with Gasteiger partial charge in [-0.2, -0.15) is 0 Å². The first-order valence-electron chi connectivity index (χ1n) is 7.56. The molecule has 2 fully saturated rings. The lowest BCUT2D eigenvalue weighted by Gasteiger charge is -2.41. The van der Waals surface area contributed by atoms with Crippen molar-refractivity contribution in [2.24, 2.45) is 0 Å². The maximum Gasteiger partial charge on any atom is 0.335 e. The van der Waals surface area contributed by atoms with Crippen molar-refractivity contribution >= 4 is 62.9 Å². The lowest BCUT2D eigenvalue weighted by atomic mass is 9.96. The summed E-state index contributed by atoms with van der Waals surface area (Å²) in [7, 11) is 0. The second-order valence-corrected chi connectivity index (χ2v) is 10.1. The van der Waals surface area contributed by atoms with Gasteiger partial charge in [-0.25, -0.2) is 4.79 Å². The highest BCUT2D eigenvalue weighted by Gasteiger charge is 2.73. The summed E-state index contributed by atoms with van der Waals surface area (Å²) in [5, 5.41) is 3.84. The molecule has 2 saturated heterocycles. The van der Waals surface area contributed by atoms with Gasteiger partial charge in [0.05, 0.1) is 6.42 Å². The highest BCUT2D eigenvalue weighted by Crippen LogP contribution is 2.46. The molecule has 7 nitrogen and oxygen atoms in total. The van der Waals surface area contributed by atoms with Gasteiger partial charge < -0.3 is 14.6 Å². The minimum atomic E-state index is -1.49. The van der Waals surface area contributed by atoms with E-state index in [4.69, 9.17) is 4.74 Å². The Morgan fingerprint density at radius 2 is 2.24 bits per heavy atom. The van der Waals surface area contributed by atoms with Crippen molar-refractivity contribution in [2.45, 2.75) is 42.5 Å². The van der Waals surface area contributed by atoms with E-state index >= 15 is 0 Å². The number of fused-ring (bicyclic) bond motifs is 1. The summed E-state index contributed by atoms with van der Waals surface area (Å²) in [6.07, 6.45) is 0.171. The fourth-order valence-corrected chi connectivity index (χ4v) is 6.13. The predicted octanol–water partition coefficient (Wildman–Crippen LogP) is 0.789. The summed E-state index contributed by atoms with van der Waals surface area (Å²) in [6.45, 7) is 3.36. The molecule has 10 heteroatoms. The quantitative estimate of drug-likeness (QED) is 0.214. The van der Waals surface area contributed by atoms with Crippen LogP contribution in [0, 0.1) is 0 Å². The Hall–Kier alpha value is -0.850. The summed E-state index contributed by atoms with van der Waals surface area (Å²) in [6, 6.07) is 1.93. The molecule has 0 aromatic carbocycles. The van der Waals surface area contributed by atoms with Gasteiger partial charge in [0.1, 0.15) is 4.61 Å². The summed E-state index contributed by atoms with van der Waals surface area (Å²) < 4.78 is 17.1. The molecule has 0 unspecified atom stereocenters. The van der Waals surface area contributed by atoms with E-state index in [1.807, 2.05) is 40.1 Å². The third-order valence-electron chi connectivity index (χ3n) is 4.41. The molecule has 25 heavy (non-hydrogen) atoms. The number of esters is 1. The third-order valence-corrected chi connectivity index (χ3v) is 7.79. The molecule has 1 aromatic heterocycles. The highest BCUT2D eigenvalue weighted by atomic mass is 127. The first-order chi connectivity index (χ1) is 11.8. The molecule has 1 N–H and O–H groups in total. The van der Waals surface area contributed by atoms with Crippen molar-refractivity contribution in [1.82, 2.24) is 10.2 Å². The van der Waals surface area contributed by atoms with Crippen LogP contribution in [0.5, 0.6) is 0 Å². The molecule has 0 aliphatic carbocycles. The van der Waals surface area contributed by atoms with E-state index in [-0.39, 0.29) is 22.8 Å². The maximum atomic E-state index is 12.8. The van der Waals surface area contributed by atoms with Crippen LogP contribution in [-0.4, -0.2) is 54.1 Å². The van der Waals surface area contributed by atoms with E-state index < -0.39 is 39.3 Å². The standard InChI is InChI=1S/C15H17IN2O5S2/c1-15(2)11(14(21)23-7-16)18-12(20)10(13(18)25(15)22)17-9(19)6-8-4-3-5-24-8/h3-5,10-11,13H,6-7H2,1-2H3,(H,17,19)/t10-,11+,13-,25-/m1/s1. The fraction of sp³-hybridized carbons (Fsp3) is 0.533. The monoisotopic (exact) mass is 496 g/mol. The van der Waals surface area contributed by atoms with Gasteiger partial charge in [-0.1, -0.05) is 6.07 Å². The number of amides is 2. The number of hydrogen-bond acceptors (Lipinski definition) is 6. The second kappa shape index (κ2) is 7.05. The largest absolute Gasteiger partial charge is 0.614 e. The van der Waals surface area contributed by atoms with Crippen molar-refractivity contribution in [3.8, 4) is 0 Å². The zero-order valence-electron chi connectivity index (χ0n) is 13.6. The zero-order chi connectivity index (χ0) is 18.4. The van der Waals surface area contributed by atoms with Crippen LogP contribution in [0.1, 0.15) is 18.7 Å². The SMILES string of the molecule is CC1(C)[C@H](C(=O)OCI)N2C(=O)[C@@H](NC(=O)Cc3cccs3)[C@H]2[S@@+]1[O-]. The van der Waals surface area contributed by atoms with Gasteiger partial charge in [-0.3, -0.25) is 14.5 Å². The molecule has 0 bridgehead atoms. The van der Waals surface area contributed by atoms with Crippen LogP contribution >= 0.6 is 33.9 Å². The number of alkyl halides is 1. The van der Waals surface area contributed by atoms with Crippen molar-refractivity contribution < 1.29 is 23.7 Å². The van der Waals surface area contributed by atoms with Gasteiger partial charge in [0, 0.05) is 4.88 Å². The minimum absolute atomic E-state index is 0.156. The second-order valence-electron chi connectivity index (χ2n) is 6.31. The molecule has 2 aliphatic rings. The summed E-state index contributed by atoms with van der Waals surface area (Å²) >= 11 is 1.86. The molecule has 0 spiro atoms. The molecule has 1 aromatic rings. The van der Waals surface area contributed by atoms with Crippen molar-refractivity contribution in [3.05, 3.63) is 22.4 Å². The van der Waals surface area contributed by atoms with Crippen LogP contribution in [0.2, 0.25) is 0 Å². The average molecular weight is 496 g/mol. The van der Waals surface area contributed by atoms with Crippen LogP contribution < -0.4 is 5.32 Å². The van der Waals surface area contributed by atoms with Crippen LogP contribution in [0.3, 0.4) is 0 Å². The fourth-order valence-electron chi connectivity index (χ4n) is 3.20. The summed E-state index contributed by atoms with van der Waals surface area (Å²) in [4.78, 5) is 39.1. The Morgan fingerprint density at radius 1 is 1.52 bits per heavy atom. The van der Waals surface area contributed by atoms with Crippen molar-refractivity contribution in [1.29, 1.82) is 0 Å². The molecule has 2 amide bonds. The van der Waals surface area contributed by atoms with Gasteiger partial charge >= 0.3 is 5.97 Å². The Kier molecular flexibility index (Phi) is 5.33. The van der Waals surface area contributed by atoms with Crippen LogP contribution in [0.4, 0.5) is 0 Å². The van der Waals surface area contributed by atoms with Gasteiger partial charge in [0.15, 0.2) is 16.8 Å². The number of halogens is 1. The molecule has 2 aliphatic heterocycles. The minimum Gasteiger partial charge on any atom is -0.614 e. The van der Waals surface area contributed by atoms with Crippen LogP contribution in [0.15, 0.2) is 17.5 Å². The van der Waals surface area contributed by atoms with Gasteiger partial charge in [-0.05, 0) is 59.1 Å². The summed E-state index contributed by atoms with van der Waals surface area (Å²) in [5.74, 6) is -1.25. The number of ether oxygens (including phenoxy) is 1. The highest BCUT2D eigenvalue weighted by molar-refractivity contribution is 14.1. The molecule has 0 saturated carbocycles. The lowest BCUT2D eigenvalue weighted by molar-refractivity contribution is -0.163. The smallest absolute Gasteiger partial charge is 0.335 e. The molecule has 3 rings (SSSR count). The number of β-lactam (4-membered cyclic amide) rings is 1. The van der Waals surface area contributed by atoms with E-state index in [0.29, 0.717) is 0 Å². The number of nitrogens with one attached hydrogen (secondary N) is 1. The molecular weight excluding hydrogens is 479 g/mol. The zero-order valence-corrected chi connectivity index (χ0v) is 17.4. The molecular formula is C15H17IN2O5S2. The number of carbonyl (C=O) groups is 3. The van der Waals surface area contributed by atoms with Crippen molar-refractivity contribution in [3.63, 3.8) is 0 Å². The van der Waals surface area contributed by atoms with Gasteiger partial charge in [0.25, 0.3) is 5.91 Å². The average Bonchev–Trinajstić information content (AvgIpc) is 3.10. The summed E-state index contributed by atoms with van der Waals surface area (Å²) in [5.41, 5.74) is 0. The Labute approximate surface area is 165 Å². The molecule has 136 valence electrons. The molecule has 0 radical (unpaired) electrons. The van der Waals surface area contributed by atoms with E-state index in [9.17, 15) is 18.9 Å². The van der Waals surface area contributed by atoms with Crippen LogP contribution in [-0.2, 0) is 36.7 Å². The molecule has 4 atom stereocenters. The topological polar surface area (TPSA) is 98.8 Å². The molecule has 3 heterocycles. The number of thiophene rings is 1. The number of hydrogen-bond donors (Lipinski definition) is 1. The van der Waals surface area contributed by atoms with E-state index in [1.165, 1.54) is 16.2 Å². The number of nitrogens with zero attached hydrogens (tertiary/aromatic N) is 1. The Balaban J connectivity index is 1.73. The first kappa shape index (κ1) is 18.9. The van der Waals surface area contributed by atoms with E-state index in [1.54, 1.807) is 13.8 Å². The van der Waals surface area contributed by atoms with Crippen LogP contribution in [0.25, 0.3) is 0 Å². The number of carbonyl (C=O) groups excluding carboxylic acids is 3. The number of rotatable bonds is 5. The Bertz CT molecular complexity index is 696.